The van der Waals surface area contributed by atoms with E-state index in [1.54, 1.807) is 42.9 Å². The summed E-state index contributed by atoms with van der Waals surface area (Å²) < 4.78 is 28.1. The van der Waals surface area contributed by atoms with E-state index in [1.807, 2.05) is 30.4 Å². The molecule has 0 unspecified atom stereocenters. The maximum atomic E-state index is 12.6. The maximum Gasteiger partial charge on any atom is 0.240 e. The summed E-state index contributed by atoms with van der Waals surface area (Å²) in [6.45, 7) is 1.65. The largest absolute Gasteiger partial charge is 0.324 e. The molecule has 0 bridgehead atoms. The van der Waals surface area contributed by atoms with Crippen LogP contribution in [-0.4, -0.2) is 47.7 Å². The number of benzene rings is 2. The van der Waals surface area contributed by atoms with E-state index in [2.05, 4.69) is 35.5 Å². The third-order valence-corrected chi connectivity index (χ3v) is 7.26. The Kier molecular flexibility index (Phi) is 7.76. The highest BCUT2D eigenvalue weighted by Gasteiger charge is 2.21. The Morgan fingerprint density at radius 2 is 1.69 bits per heavy atom. The Morgan fingerprint density at radius 3 is 2.43 bits per heavy atom. The van der Waals surface area contributed by atoms with Crippen LogP contribution in [0, 0.1) is 0 Å². The molecule has 0 spiro atoms. The summed E-state index contributed by atoms with van der Waals surface area (Å²) in [7, 11) is -3.54. The van der Waals surface area contributed by atoms with Crippen LogP contribution in [0.5, 0.6) is 0 Å². The summed E-state index contributed by atoms with van der Waals surface area (Å²) in [5, 5.41) is 14.4. The lowest BCUT2D eigenvalue weighted by molar-refractivity contribution is 0.427. The second-order valence-corrected chi connectivity index (χ2v) is 9.86. The molecule has 182 valence electrons. The third-order valence-electron chi connectivity index (χ3n) is 5.73. The van der Waals surface area contributed by atoms with Crippen molar-refractivity contribution in [1.82, 2.24) is 30.2 Å². The zero-order valence-corrected chi connectivity index (χ0v) is 20.4. The number of rotatable bonds is 7. The van der Waals surface area contributed by atoms with E-state index in [-0.39, 0.29) is 23.3 Å². The number of anilines is 2. The van der Waals surface area contributed by atoms with Gasteiger partial charge in [0.2, 0.25) is 16.0 Å². The summed E-state index contributed by atoms with van der Waals surface area (Å²) in [5.74, 6) is 0.428. The van der Waals surface area contributed by atoms with Crippen molar-refractivity contribution in [3.8, 4) is 0 Å². The smallest absolute Gasteiger partial charge is 0.240 e. The number of fused-ring (bicyclic) bond motifs is 1. The summed E-state index contributed by atoms with van der Waals surface area (Å²) in [4.78, 5) is 8.96. The predicted molar refractivity (Wildman–Crippen MR) is 140 cm³/mol. The minimum absolute atomic E-state index is 0. The fraction of sp³-hybridized carbons (Fsp3) is 0.208. The molecule has 2 aromatic heterocycles. The van der Waals surface area contributed by atoms with Gasteiger partial charge in [0, 0.05) is 35.1 Å². The molecule has 4 N–H and O–H groups in total. The molecule has 4 aromatic rings. The van der Waals surface area contributed by atoms with Crippen molar-refractivity contribution in [3.05, 3.63) is 72.2 Å². The Balaban J connectivity index is 0.00000289. The maximum absolute atomic E-state index is 12.6. The molecule has 0 saturated carbocycles. The molecule has 11 heteroatoms. The monoisotopic (exact) mass is 511 g/mol. The number of hydrogen-bond donors (Lipinski definition) is 4. The predicted octanol–water partition coefficient (Wildman–Crippen LogP) is 3.72. The van der Waals surface area contributed by atoms with Crippen molar-refractivity contribution < 1.29 is 8.42 Å². The first-order valence-electron chi connectivity index (χ1n) is 11.1. The number of aromatic amines is 1. The van der Waals surface area contributed by atoms with Gasteiger partial charge >= 0.3 is 0 Å². The molecule has 0 radical (unpaired) electrons. The Hall–Kier alpha value is -3.31. The van der Waals surface area contributed by atoms with Crippen molar-refractivity contribution >= 4 is 57.1 Å². The van der Waals surface area contributed by atoms with E-state index in [0.29, 0.717) is 11.6 Å². The van der Waals surface area contributed by atoms with Gasteiger partial charge in [-0.1, -0.05) is 24.3 Å². The SMILES string of the molecule is Cl.O=S(=O)(NC1CCNCC1)c1ccc(Nc2ncc(C=Cc3cccc4[nH]ncc34)cn2)cc1. The lowest BCUT2D eigenvalue weighted by Crippen LogP contribution is -2.42. The van der Waals surface area contributed by atoms with E-state index >= 15 is 0 Å². The fourth-order valence-electron chi connectivity index (χ4n) is 3.88. The van der Waals surface area contributed by atoms with Crippen LogP contribution in [0.2, 0.25) is 0 Å². The number of nitrogens with zero attached hydrogens (tertiary/aromatic N) is 3. The van der Waals surface area contributed by atoms with Gasteiger partial charge < -0.3 is 10.6 Å². The fourth-order valence-corrected chi connectivity index (χ4v) is 5.19. The molecule has 9 nitrogen and oxygen atoms in total. The average Bonchev–Trinajstić information content (AvgIpc) is 3.34. The Labute approximate surface area is 209 Å². The van der Waals surface area contributed by atoms with E-state index in [0.717, 1.165) is 48.0 Å². The number of aromatic nitrogens is 4. The number of sulfonamides is 1. The van der Waals surface area contributed by atoms with Gasteiger partial charge in [0.25, 0.3) is 0 Å². The second kappa shape index (κ2) is 11.0. The van der Waals surface area contributed by atoms with E-state index in [9.17, 15) is 8.42 Å². The van der Waals surface area contributed by atoms with Crippen LogP contribution in [0.3, 0.4) is 0 Å². The summed E-state index contributed by atoms with van der Waals surface area (Å²) >= 11 is 0. The highest BCUT2D eigenvalue weighted by molar-refractivity contribution is 7.89. The van der Waals surface area contributed by atoms with Gasteiger partial charge in [0.1, 0.15) is 0 Å². The molecule has 1 aliphatic heterocycles. The number of nitrogens with one attached hydrogen (secondary N) is 4. The van der Waals surface area contributed by atoms with Crippen molar-refractivity contribution in [2.75, 3.05) is 18.4 Å². The van der Waals surface area contributed by atoms with Gasteiger partial charge in [-0.15, -0.1) is 12.4 Å². The topological polar surface area (TPSA) is 125 Å². The molecular weight excluding hydrogens is 486 g/mol. The normalized spacial score (nSPS) is 14.7. The van der Waals surface area contributed by atoms with Gasteiger partial charge in [-0.2, -0.15) is 5.10 Å². The Morgan fingerprint density at radius 1 is 0.943 bits per heavy atom. The first-order valence-corrected chi connectivity index (χ1v) is 12.6. The summed E-state index contributed by atoms with van der Waals surface area (Å²) in [6.07, 6.45) is 10.8. The van der Waals surface area contributed by atoms with Crippen LogP contribution < -0.4 is 15.4 Å². The molecule has 0 atom stereocenters. The van der Waals surface area contributed by atoms with Crippen LogP contribution in [0.4, 0.5) is 11.6 Å². The van der Waals surface area contributed by atoms with Crippen molar-refractivity contribution in [2.24, 2.45) is 0 Å². The van der Waals surface area contributed by atoms with Crippen molar-refractivity contribution in [1.29, 1.82) is 0 Å². The molecule has 1 aliphatic rings. The molecule has 5 rings (SSSR count). The minimum atomic E-state index is -3.54. The molecule has 35 heavy (non-hydrogen) atoms. The summed E-state index contributed by atoms with van der Waals surface area (Å²) in [6, 6.07) is 12.5. The van der Waals surface area contributed by atoms with E-state index in [4.69, 9.17) is 0 Å². The number of piperidine rings is 1. The standard InChI is InChI=1S/C24H25N7O2S.ClH/c32-34(33,31-20-10-12-25-13-11-20)21-8-6-19(7-9-21)29-24-26-14-17(15-27-24)4-5-18-2-1-3-23-22(18)16-28-30-23;/h1-9,14-16,20,25,31H,10-13H2,(H,28,30)(H,26,27,29);1H. The first-order chi connectivity index (χ1) is 16.6. The zero-order valence-electron chi connectivity index (χ0n) is 18.8. The van der Waals surface area contributed by atoms with Gasteiger partial charge in [-0.25, -0.2) is 23.1 Å². The highest BCUT2D eigenvalue weighted by atomic mass is 35.5. The van der Waals surface area contributed by atoms with Gasteiger partial charge in [0.05, 0.1) is 16.6 Å². The summed E-state index contributed by atoms with van der Waals surface area (Å²) in [5.41, 5.74) is 3.60. The van der Waals surface area contributed by atoms with Crippen LogP contribution >= 0.6 is 12.4 Å². The van der Waals surface area contributed by atoms with E-state index < -0.39 is 10.0 Å². The van der Waals surface area contributed by atoms with E-state index in [1.165, 1.54) is 0 Å². The quantitative estimate of drug-likeness (QED) is 0.298. The average molecular weight is 512 g/mol. The van der Waals surface area contributed by atoms with Gasteiger partial charge in [-0.3, -0.25) is 5.10 Å². The number of halogens is 1. The molecule has 3 heterocycles. The minimum Gasteiger partial charge on any atom is -0.324 e. The molecule has 1 saturated heterocycles. The van der Waals surface area contributed by atoms with Crippen molar-refractivity contribution in [3.63, 3.8) is 0 Å². The van der Waals surface area contributed by atoms with Crippen LogP contribution in [-0.2, 0) is 10.0 Å². The highest BCUT2D eigenvalue weighted by Crippen LogP contribution is 2.20. The lowest BCUT2D eigenvalue weighted by Gasteiger charge is -2.23. The molecule has 0 amide bonds. The van der Waals surface area contributed by atoms with Gasteiger partial charge in [0.15, 0.2) is 0 Å². The molecule has 1 fully saturated rings. The zero-order chi connectivity index (χ0) is 23.4. The molecule has 0 aliphatic carbocycles. The third kappa shape index (κ3) is 6.04. The van der Waals surface area contributed by atoms with Crippen LogP contribution in [0.1, 0.15) is 24.0 Å². The lowest BCUT2D eigenvalue weighted by atomic mass is 10.1. The van der Waals surface area contributed by atoms with Crippen LogP contribution in [0.15, 0.2) is 66.0 Å². The first kappa shape index (κ1) is 24.8. The molecule has 2 aromatic carbocycles. The van der Waals surface area contributed by atoms with Crippen molar-refractivity contribution in [2.45, 2.75) is 23.8 Å². The Bertz CT molecular complexity index is 1400. The van der Waals surface area contributed by atoms with Gasteiger partial charge in [-0.05, 0) is 61.8 Å². The van der Waals surface area contributed by atoms with Crippen LogP contribution in [0.25, 0.3) is 23.1 Å². The number of hydrogen-bond acceptors (Lipinski definition) is 7. The second-order valence-electron chi connectivity index (χ2n) is 8.15. The molecular formula is C24H26ClN7O2S. The number of H-pyrrole nitrogens is 1.